The van der Waals surface area contributed by atoms with Gasteiger partial charge < -0.3 is 15.3 Å². The van der Waals surface area contributed by atoms with Gasteiger partial charge in [-0.3, -0.25) is 0 Å². The van der Waals surface area contributed by atoms with E-state index in [-0.39, 0.29) is 23.9 Å². The van der Waals surface area contributed by atoms with Crippen LogP contribution in [0.1, 0.15) is 27.2 Å². The van der Waals surface area contributed by atoms with E-state index in [0.717, 1.165) is 13.0 Å². The SMILES string of the molecule is CCNC(C)(CO)CC(C)N(C)CCS(C)(=O)=O. The van der Waals surface area contributed by atoms with Gasteiger partial charge in [0.05, 0.1) is 12.4 Å². The minimum absolute atomic E-state index is 0.0745. The van der Waals surface area contributed by atoms with Crippen LogP contribution in [0, 0.1) is 0 Å². The van der Waals surface area contributed by atoms with Gasteiger partial charge in [-0.05, 0) is 33.9 Å². The third kappa shape index (κ3) is 7.31. The molecule has 0 aromatic heterocycles. The summed E-state index contributed by atoms with van der Waals surface area (Å²) in [5.41, 5.74) is -0.312. The number of nitrogens with one attached hydrogen (secondary N) is 1. The number of likely N-dealkylation sites (N-methyl/N-ethyl adjacent to an activating group) is 1. The molecule has 0 aliphatic heterocycles. The Morgan fingerprint density at radius 2 is 2.00 bits per heavy atom. The van der Waals surface area contributed by atoms with Gasteiger partial charge in [-0.1, -0.05) is 6.92 Å². The summed E-state index contributed by atoms with van der Waals surface area (Å²) in [7, 11) is -1.00. The van der Waals surface area contributed by atoms with Crippen LogP contribution < -0.4 is 5.32 Å². The highest BCUT2D eigenvalue weighted by Gasteiger charge is 2.26. The Kier molecular flexibility index (Phi) is 7.36. The minimum atomic E-state index is -2.92. The van der Waals surface area contributed by atoms with Crippen molar-refractivity contribution < 1.29 is 13.5 Å². The van der Waals surface area contributed by atoms with E-state index in [4.69, 9.17) is 0 Å². The quantitative estimate of drug-likeness (QED) is 0.627. The van der Waals surface area contributed by atoms with Crippen LogP contribution >= 0.6 is 0 Å². The molecule has 2 atom stereocenters. The van der Waals surface area contributed by atoms with Gasteiger partial charge in [0, 0.05) is 24.4 Å². The van der Waals surface area contributed by atoms with Gasteiger partial charge in [0.15, 0.2) is 0 Å². The Balaban J connectivity index is 4.33. The number of hydrogen-bond donors (Lipinski definition) is 2. The first-order valence-corrected chi connectivity index (χ1v) is 8.43. The average Bonchev–Trinajstić information content (AvgIpc) is 2.25. The van der Waals surface area contributed by atoms with E-state index >= 15 is 0 Å². The molecule has 0 fully saturated rings. The van der Waals surface area contributed by atoms with Gasteiger partial charge in [-0.15, -0.1) is 0 Å². The molecule has 18 heavy (non-hydrogen) atoms. The third-order valence-electron chi connectivity index (χ3n) is 3.27. The van der Waals surface area contributed by atoms with Crippen LogP contribution in [0.15, 0.2) is 0 Å². The summed E-state index contributed by atoms with van der Waals surface area (Å²) in [4.78, 5) is 2.02. The Hall–Kier alpha value is -0.170. The van der Waals surface area contributed by atoms with E-state index in [9.17, 15) is 13.5 Å². The maximum absolute atomic E-state index is 11.1. The highest BCUT2D eigenvalue weighted by atomic mass is 32.2. The molecule has 2 unspecified atom stereocenters. The van der Waals surface area contributed by atoms with Crippen molar-refractivity contribution in [3.05, 3.63) is 0 Å². The van der Waals surface area contributed by atoms with Crippen molar-refractivity contribution in [3.8, 4) is 0 Å². The summed E-state index contributed by atoms with van der Waals surface area (Å²) < 4.78 is 22.2. The third-order valence-corrected chi connectivity index (χ3v) is 4.19. The lowest BCUT2D eigenvalue weighted by molar-refractivity contribution is 0.130. The molecular formula is C12H28N2O3S. The number of aliphatic hydroxyl groups is 1. The highest BCUT2D eigenvalue weighted by molar-refractivity contribution is 7.90. The first-order chi connectivity index (χ1) is 8.13. The molecule has 0 amide bonds. The van der Waals surface area contributed by atoms with Crippen LogP contribution in [0.25, 0.3) is 0 Å². The Labute approximate surface area is 111 Å². The highest BCUT2D eigenvalue weighted by Crippen LogP contribution is 2.15. The fourth-order valence-corrected chi connectivity index (χ4v) is 2.58. The number of rotatable bonds is 9. The predicted octanol–water partition coefficient (Wildman–Crippen LogP) is 0.102. The number of hydrogen-bond acceptors (Lipinski definition) is 5. The van der Waals surface area contributed by atoms with E-state index < -0.39 is 9.84 Å². The molecule has 0 rings (SSSR count). The zero-order chi connectivity index (χ0) is 14.4. The molecule has 0 aromatic carbocycles. The van der Waals surface area contributed by atoms with Gasteiger partial charge in [0.2, 0.25) is 0 Å². The van der Waals surface area contributed by atoms with Crippen molar-refractivity contribution in [3.63, 3.8) is 0 Å². The smallest absolute Gasteiger partial charge is 0.148 e. The molecule has 0 saturated heterocycles. The molecule has 0 aliphatic carbocycles. The van der Waals surface area contributed by atoms with Crippen LogP contribution in [0.2, 0.25) is 0 Å². The van der Waals surface area contributed by atoms with Gasteiger partial charge >= 0.3 is 0 Å². The van der Waals surface area contributed by atoms with Gasteiger partial charge in [0.25, 0.3) is 0 Å². The fourth-order valence-electron chi connectivity index (χ4n) is 1.96. The lowest BCUT2D eigenvalue weighted by atomic mass is 9.94. The van der Waals surface area contributed by atoms with Crippen LogP contribution in [-0.4, -0.2) is 68.8 Å². The minimum Gasteiger partial charge on any atom is -0.394 e. The maximum atomic E-state index is 11.1. The molecule has 0 saturated carbocycles. The molecule has 0 aliphatic rings. The predicted molar refractivity (Wildman–Crippen MR) is 75.6 cm³/mol. The molecule has 6 heteroatoms. The summed E-state index contributed by atoms with van der Waals surface area (Å²) in [6.45, 7) is 7.44. The summed E-state index contributed by atoms with van der Waals surface area (Å²) in [6.07, 6.45) is 2.03. The number of nitrogens with zero attached hydrogens (tertiary/aromatic N) is 1. The molecule has 5 nitrogen and oxygen atoms in total. The summed E-state index contributed by atoms with van der Waals surface area (Å²) in [5, 5.41) is 12.7. The second kappa shape index (κ2) is 7.43. The van der Waals surface area contributed by atoms with E-state index in [0.29, 0.717) is 6.54 Å². The van der Waals surface area contributed by atoms with Crippen molar-refractivity contribution in [1.29, 1.82) is 0 Å². The monoisotopic (exact) mass is 280 g/mol. The summed E-state index contributed by atoms with van der Waals surface area (Å²) >= 11 is 0. The van der Waals surface area contributed by atoms with Gasteiger partial charge in [0.1, 0.15) is 9.84 Å². The lowest BCUT2D eigenvalue weighted by Crippen LogP contribution is -2.50. The first kappa shape index (κ1) is 17.8. The summed E-state index contributed by atoms with van der Waals surface area (Å²) in [6, 6.07) is 0.211. The van der Waals surface area contributed by atoms with Crippen molar-refractivity contribution in [2.45, 2.75) is 38.8 Å². The standard InChI is InChI=1S/C12H28N2O3S/c1-6-13-12(3,10-15)9-11(2)14(4)7-8-18(5,16)17/h11,13,15H,6-10H2,1-5H3. The fraction of sp³-hybridized carbons (Fsp3) is 1.00. The molecule has 0 heterocycles. The topological polar surface area (TPSA) is 69.6 Å². The van der Waals surface area contributed by atoms with Crippen molar-refractivity contribution in [2.24, 2.45) is 0 Å². The van der Waals surface area contributed by atoms with Crippen molar-refractivity contribution >= 4 is 9.84 Å². The molecule has 0 aromatic rings. The Bertz CT molecular complexity index is 332. The number of aliphatic hydroxyl groups excluding tert-OH is 1. The van der Waals surface area contributed by atoms with Crippen molar-refractivity contribution in [1.82, 2.24) is 10.2 Å². The molecule has 110 valence electrons. The van der Waals surface area contributed by atoms with Gasteiger partial charge in [-0.25, -0.2) is 8.42 Å². The van der Waals surface area contributed by atoms with Crippen LogP contribution in [0.4, 0.5) is 0 Å². The van der Waals surface area contributed by atoms with E-state index in [2.05, 4.69) is 5.32 Å². The summed E-state index contributed by atoms with van der Waals surface area (Å²) in [5.74, 6) is 0.172. The van der Waals surface area contributed by atoms with Gasteiger partial charge in [-0.2, -0.15) is 0 Å². The van der Waals surface area contributed by atoms with Crippen LogP contribution in [0.5, 0.6) is 0 Å². The van der Waals surface area contributed by atoms with Crippen LogP contribution in [-0.2, 0) is 9.84 Å². The van der Waals surface area contributed by atoms with E-state index in [1.165, 1.54) is 6.26 Å². The van der Waals surface area contributed by atoms with E-state index in [1.54, 1.807) is 0 Å². The molecule has 0 radical (unpaired) electrons. The average molecular weight is 280 g/mol. The van der Waals surface area contributed by atoms with Crippen molar-refractivity contribution in [2.75, 3.05) is 38.8 Å². The normalized spacial score (nSPS) is 17.7. The molecule has 0 bridgehead atoms. The first-order valence-electron chi connectivity index (χ1n) is 6.37. The number of sulfone groups is 1. The zero-order valence-corrected chi connectivity index (χ0v) is 13.0. The van der Waals surface area contributed by atoms with E-state index in [1.807, 2.05) is 32.7 Å². The second-order valence-electron chi connectivity index (χ2n) is 5.41. The Morgan fingerprint density at radius 1 is 1.44 bits per heavy atom. The largest absolute Gasteiger partial charge is 0.394 e. The lowest BCUT2D eigenvalue weighted by Gasteiger charge is -2.35. The maximum Gasteiger partial charge on any atom is 0.148 e. The Morgan fingerprint density at radius 3 is 2.39 bits per heavy atom. The molecule has 0 spiro atoms. The molecular weight excluding hydrogens is 252 g/mol. The zero-order valence-electron chi connectivity index (χ0n) is 12.2. The van der Waals surface area contributed by atoms with Crippen LogP contribution in [0.3, 0.4) is 0 Å². The molecule has 2 N–H and O–H groups in total. The second-order valence-corrected chi connectivity index (χ2v) is 7.67.